The van der Waals surface area contributed by atoms with Gasteiger partial charge >= 0.3 is 0 Å². The molecule has 2 aliphatic rings. The number of carbonyl (C=O) groups excluding carboxylic acids is 1. The van der Waals surface area contributed by atoms with E-state index in [0.717, 1.165) is 44.5 Å². The number of nitrogen functional groups attached to an aromatic ring is 1. The van der Waals surface area contributed by atoms with Crippen LogP contribution in [0.5, 0.6) is 5.75 Å². The van der Waals surface area contributed by atoms with Crippen molar-refractivity contribution in [1.82, 2.24) is 20.5 Å². The SMILES string of the molecule is CN(C(=O)Cc1nonc1N)C1CCC2(CC1)CNCc1ccccc1O2. The molecule has 1 spiro atoms. The van der Waals surface area contributed by atoms with Crippen LogP contribution < -0.4 is 15.8 Å². The normalized spacial score (nSPS) is 24.7. The summed E-state index contributed by atoms with van der Waals surface area (Å²) in [5.41, 5.74) is 7.04. The molecule has 1 fully saturated rings. The summed E-state index contributed by atoms with van der Waals surface area (Å²) in [6, 6.07) is 8.38. The van der Waals surface area contributed by atoms with E-state index < -0.39 is 0 Å². The van der Waals surface area contributed by atoms with Crippen molar-refractivity contribution >= 4 is 11.7 Å². The van der Waals surface area contributed by atoms with Gasteiger partial charge in [-0.3, -0.25) is 4.79 Å². The third-order valence-electron chi connectivity index (χ3n) is 5.77. The lowest BCUT2D eigenvalue weighted by Gasteiger charge is -2.42. The minimum absolute atomic E-state index is 0.0244. The highest BCUT2D eigenvalue weighted by molar-refractivity contribution is 5.79. The third-order valence-corrected chi connectivity index (χ3v) is 5.77. The number of rotatable bonds is 3. The Labute approximate surface area is 158 Å². The molecule has 1 aliphatic carbocycles. The number of likely N-dealkylation sites (N-methyl/N-ethyl adjacent to an activating group) is 1. The Morgan fingerprint density at radius 3 is 2.85 bits per heavy atom. The number of para-hydroxylation sites is 1. The van der Waals surface area contributed by atoms with Crippen molar-refractivity contribution in [1.29, 1.82) is 0 Å². The number of aromatic nitrogens is 2. The molecular formula is C19H25N5O3. The van der Waals surface area contributed by atoms with E-state index in [-0.39, 0.29) is 29.8 Å². The van der Waals surface area contributed by atoms with Crippen molar-refractivity contribution in [3.8, 4) is 5.75 Å². The number of hydrogen-bond donors (Lipinski definition) is 2. The van der Waals surface area contributed by atoms with Gasteiger partial charge in [-0.05, 0) is 36.9 Å². The molecule has 1 aliphatic heterocycles. The van der Waals surface area contributed by atoms with Crippen LogP contribution in [-0.4, -0.2) is 46.4 Å². The molecule has 0 bridgehead atoms. The standard InChI is InChI=1S/C19H25N5O3/c1-24(17(25)10-15-18(20)23-27-22-15)14-6-8-19(9-7-14)12-21-11-13-4-2-3-5-16(13)26-19/h2-5,14,21H,6-12H2,1H3,(H2,20,23). The summed E-state index contributed by atoms with van der Waals surface area (Å²) >= 11 is 0. The molecule has 1 amide bonds. The van der Waals surface area contributed by atoms with E-state index in [1.165, 1.54) is 5.56 Å². The van der Waals surface area contributed by atoms with E-state index in [2.05, 4.69) is 26.3 Å². The smallest absolute Gasteiger partial charge is 0.228 e. The van der Waals surface area contributed by atoms with Gasteiger partial charge in [0.05, 0.1) is 6.42 Å². The van der Waals surface area contributed by atoms with E-state index in [1.807, 2.05) is 25.2 Å². The minimum Gasteiger partial charge on any atom is -0.486 e. The predicted octanol–water partition coefficient (Wildman–Crippen LogP) is 1.52. The van der Waals surface area contributed by atoms with E-state index in [4.69, 9.17) is 10.5 Å². The molecule has 1 saturated carbocycles. The first-order chi connectivity index (χ1) is 13.1. The van der Waals surface area contributed by atoms with Crippen LogP contribution in [0.2, 0.25) is 0 Å². The topological polar surface area (TPSA) is 107 Å². The zero-order chi connectivity index (χ0) is 18.9. The average molecular weight is 371 g/mol. The molecule has 27 heavy (non-hydrogen) atoms. The molecule has 0 saturated heterocycles. The van der Waals surface area contributed by atoms with Crippen LogP contribution in [-0.2, 0) is 17.8 Å². The zero-order valence-electron chi connectivity index (χ0n) is 15.5. The van der Waals surface area contributed by atoms with Gasteiger partial charge in [0.25, 0.3) is 0 Å². The Morgan fingerprint density at radius 2 is 2.11 bits per heavy atom. The van der Waals surface area contributed by atoms with Crippen LogP contribution in [0.25, 0.3) is 0 Å². The van der Waals surface area contributed by atoms with Gasteiger partial charge in [-0.1, -0.05) is 23.4 Å². The lowest BCUT2D eigenvalue weighted by molar-refractivity contribution is -0.132. The molecule has 2 heterocycles. The van der Waals surface area contributed by atoms with E-state index in [9.17, 15) is 4.79 Å². The van der Waals surface area contributed by atoms with Gasteiger partial charge < -0.3 is 20.7 Å². The van der Waals surface area contributed by atoms with Crippen LogP contribution in [0.4, 0.5) is 5.82 Å². The molecule has 4 rings (SSSR count). The molecule has 144 valence electrons. The summed E-state index contributed by atoms with van der Waals surface area (Å²) in [5.74, 6) is 1.12. The van der Waals surface area contributed by atoms with Gasteiger partial charge in [0.1, 0.15) is 17.0 Å². The van der Waals surface area contributed by atoms with Crippen molar-refractivity contribution < 1.29 is 14.2 Å². The fraction of sp³-hybridized carbons (Fsp3) is 0.526. The Bertz CT molecular complexity index is 813. The van der Waals surface area contributed by atoms with Crippen molar-refractivity contribution in [2.24, 2.45) is 0 Å². The molecule has 1 aromatic carbocycles. The van der Waals surface area contributed by atoms with Gasteiger partial charge in [-0.25, -0.2) is 4.63 Å². The van der Waals surface area contributed by atoms with Crippen molar-refractivity contribution in [3.63, 3.8) is 0 Å². The number of nitrogens with one attached hydrogen (secondary N) is 1. The molecule has 0 radical (unpaired) electrons. The van der Waals surface area contributed by atoms with Crippen LogP contribution in [0, 0.1) is 0 Å². The Balaban J connectivity index is 1.38. The minimum atomic E-state index is -0.201. The maximum atomic E-state index is 12.6. The highest BCUT2D eigenvalue weighted by Crippen LogP contribution is 2.37. The highest BCUT2D eigenvalue weighted by Gasteiger charge is 2.40. The number of benzene rings is 1. The summed E-state index contributed by atoms with van der Waals surface area (Å²) in [6.07, 6.45) is 3.73. The number of nitrogens with two attached hydrogens (primary N) is 1. The van der Waals surface area contributed by atoms with Crippen molar-refractivity contribution in [2.45, 2.75) is 50.3 Å². The van der Waals surface area contributed by atoms with E-state index in [1.54, 1.807) is 4.90 Å². The van der Waals surface area contributed by atoms with Crippen LogP contribution in [0.3, 0.4) is 0 Å². The Hall–Kier alpha value is -2.61. The van der Waals surface area contributed by atoms with Gasteiger partial charge in [-0.15, -0.1) is 0 Å². The van der Waals surface area contributed by atoms with Gasteiger partial charge in [0, 0.05) is 31.7 Å². The van der Waals surface area contributed by atoms with Gasteiger partial charge in [0.2, 0.25) is 5.91 Å². The first-order valence-electron chi connectivity index (χ1n) is 9.36. The lowest BCUT2D eigenvalue weighted by Crippen LogP contribution is -2.51. The molecular weight excluding hydrogens is 346 g/mol. The van der Waals surface area contributed by atoms with E-state index >= 15 is 0 Å². The van der Waals surface area contributed by atoms with Gasteiger partial charge in [-0.2, -0.15) is 0 Å². The molecule has 2 aromatic rings. The lowest BCUT2D eigenvalue weighted by atomic mass is 9.81. The molecule has 8 heteroatoms. The number of ether oxygens (including phenoxy) is 1. The second-order valence-corrected chi connectivity index (χ2v) is 7.51. The second kappa shape index (κ2) is 7.19. The summed E-state index contributed by atoms with van der Waals surface area (Å²) in [7, 11) is 1.84. The number of anilines is 1. The largest absolute Gasteiger partial charge is 0.486 e. The number of nitrogens with zero attached hydrogens (tertiary/aromatic N) is 3. The highest BCUT2D eigenvalue weighted by atomic mass is 16.6. The molecule has 0 atom stereocenters. The summed E-state index contributed by atoms with van der Waals surface area (Å²) in [4.78, 5) is 14.4. The monoisotopic (exact) mass is 371 g/mol. The summed E-state index contributed by atoms with van der Waals surface area (Å²) in [6.45, 7) is 1.65. The quantitative estimate of drug-likeness (QED) is 0.842. The maximum Gasteiger partial charge on any atom is 0.228 e. The number of amides is 1. The molecule has 0 unspecified atom stereocenters. The second-order valence-electron chi connectivity index (χ2n) is 7.51. The Morgan fingerprint density at radius 1 is 1.33 bits per heavy atom. The number of fused-ring (bicyclic) bond motifs is 1. The zero-order valence-corrected chi connectivity index (χ0v) is 15.5. The fourth-order valence-corrected chi connectivity index (χ4v) is 4.05. The van der Waals surface area contributed by atoms with Crippen LogP contribution in [0.1, 0.15) is 36.9 Å². The molecule has 3 N–H and O–H groups in total. The first kappa shape index (κ1) is 17.8. The van der Waals surface area contributed by atoms with E-state index in [0.29, 0.717) is 5.69 Å². The van der Waals surface area contributed by atoms with Gasteiger partial charge in [0.15, 0.2) is 5.82 Å². The number of hydrogen-bond acceptors (Lipinski definition) is 7. The summed E-state index contributed by atoms with van der Waals surface area (Å²) in [5, 5.41) is 10.7. The fourth-order valence-electron chi connectivity index (χ4n) is 4.05. The van der Waals surface area contributed by atoms with Crippen molar-refractivity contribution in [2.75, 3.05) is 19.3 Å². The van der Waals surface area contributed by atoms with Crippen LogP contribution >= 0.6 is 0 Å². The Kier molecular flexibility index (Phi) is 4.73. The van der Waals surface area contributed by atoms with Crippen LogP contribution in [0.15, 0.2) is 28.9 Å². The number of carbonyl (C=O) groups is 1. The third kappa shape index (κ3) is 3.62. The van der Waals surface area contributed by atoms with Crippen molar-refractivity contribution in [3.05, 3.63) is 35.5 Å². The predicted molar refractivity (Wildman–Crippen MR) is 98.9 cm³/mol. The first-order valence-corrected chi connectivity index (χ1v) is 9.36. The average Bonchev–Trinajstić information content (AvgIpc) is 2.98. The molecule has 8 nitrogen and oxygen atoms in total. The molecule has 1 aromatic heterocycles. The summed E-state index contributed by atoms with van der Waals surface area (Å²) < 4.78 is 11.0. The maximum absolute atomic E-state index is 12.6.